The minimum Gasteiger partial charge on any atom is -0.386 e. The van der Waals surface area contributed by atoms with Gasteiger partial charge >= 0.3 is 10.1 Å². The number of thioether (sulfide) groups is 1. The number of nitriles is 1. The first-order chi connectivity index (χ1) is 12.5. The molecule has 1 fully saturated rings. The van der Waals surface area contributed by atoms with Crippen LogP contribution in [0.5, 0.6) is 0 Å². The number of hydrogen-bond acceptors (Lipinski definition) is 5. The van der Waals surface area contributed by atoms with Crippen molar-refractivity contribution in [2.24, 2.45) is 0 Å². The third kappa shape index (κ3) is 4.01. The molecule has 6 heteroatoms. The summed E-state index contributed by atoms with van der Waals surface area (Å²) in [6.45, 7) is 1.97. The van der Waals surface area contributed by atoms with Gasteiger partial charge in [-0.2, -0.15) is 13.7 Å². The smallest absolute Gasteiger partial charge is 0.338 e. The summed E-state index contributed by atoms with van der Waals surface area (Å²) in [5, 5.41) is 9.59. The van der Waals surface area contributed by atoms with E-state index >= 15 is 0 Å². The van der Waals surface area contributed by atoms with Crippen LogP contribution in [0.1, 0.15) is 24.0 Å². The Labute approximate surface area is 157 Å². The monoisotopic (exact) mass is 383 g/mol. The van der Waals surface area contributed by atoms with Gasteiger partial charge < -0.3 is 4.18 Å². The van der Waals surface area contributed by atoms with Gasteiger partial charge in [-0.05, 0) is 43.0 Å². The van der Waals surface area contributed by atoms with Crippen molar-refractivity contribution >= 4 is 27.5 Å². The second-order valence-electron chi connectivity index (χ2n) is 5.77. The van der Waals surface area contributed by atoms with E-state index in [2.05, 4.69) is 6.07 Å². The zero-order valence-corrected chi connectivity index (χ0v) is 15.8. The lowest BCUT2D eigenvalue weighted by Gasteiger charge is -2.06. The van der Waals surface area contributed by atoms with Crippen LogP contribution in [0.3, 0.4) is 0 Å². The molecule has 0 amide bonds. The highest BCUT2D eigenvalue weighted by Crippen LogP contribution is 2.44. The first kappa shape index (κ1) is 18.3. The van der Waals surface area contributed by atoms with Gasteiger partial charge in [0.1, 0.15) is 17.2 Å². The van der Waals surface area contributed by atoms with Crippen molar-refractivity contribution in [3.05, 3.63) is 81.8 Å². The van der Waals surface area contributed by atoms with Gasteiger partial charge in [0.2, 0.25) is 0 Å². The molecule has 0 atom stereocenters. The van der Waals surface area contributed by atoms with E-state index in [9.17, 15) is 13.7 Å². The van der Waals surface area contributed by atoms with Crippen molar-refractivity contribution in [3.63, 3.8) is 0 Å². The normalized spacial score (nSPS) is 17.8. The zero-order valence-electron chi connectivity index (χ0n) is 14.2. The minimum atomic E-state index is -3.82. The Hall–Kier alpha value is -2.49. The van der Waals surface area contributed by atoms with Crippen molar-refractivity contribution in [1.29, 1.82) is 5.26 Å². The Morgan fingerprint density at radius 3 is 2.50 bits per heavy atom. The highest BCUT2D eigenvalue weighted by molar-refractivity contribution is 8.07. The van der Waals surface area contributed by atoms with E-state index in [1.165, 1.54) is 30.2 Å². The molecule has 0 spiro atoms. The van der Waals surface area contributed by atoms with Gasteiger partial charge in [-0.15, -0.1) is 0 Å². The SMILES string of the molecule is Cc1ccccc1/C(C#N)=C1\CC/C(=C\OS(=O)(=O)c2ccccc2)S1. The Morgan fingerprint density at radius 1 is 1.12 bits per heavy atom. The fraction of sp³-hybridized carbons (Fsp3) is 0.150. The second-order valence-corrected chi connectivity index (χ2v) is 8.57. The minimum absolute atomic E-state index is 0.119. The summed E-state index contributed by atoms with van der Waals surface area (Å²) in [7, 11) is -3.82. The predicted octanol–water partition coefficient (Wildman–Crippen LogP) is 5.00. The molecule has 3 rings (SSSR count). The molecule has 26 heavy (non-hydrogen) atoms. The van der Waals surface area contributed by atoms with E-state index < -0.39 is 10.1 Å². The molecule has 2 aromatic carbocycles. The second kappa shape index (κ2) is 7.81. The fourth-order valence-corrected chi connectivity index (χ4v) is 4.63. The first-order valence-corrected chi connectivity index (χ1v) is 10.3. The molecule has 0 aliphatic carbocycles. The van der Waals surface area contributed by atoms with Crippen molar-refractivity contribution in [3.8, 4) is 6.07 Å². The number of hydrogen-bond donors (Lipinski definition) is 0. The number of allylic oxidation sites excluding steroid dienone is 3. The molecule has 2 aromatic rings. The average molecular weight is 383 g/mol. The van der Waals surface area contributed by atoms with E-state index in [-0.39, 0.29) is 4.90 Å². The Morgan fingerprint density at radius 2 is 1.81 bits per heavy atom. The van der Waals surface area contributed by atoms with Crippen LogP contribution >= 0.6 is 11.8 Å². The summed E-state index contributed by atoms with van der Waals surface area (Å²) in [4.78, 5) is 1.85. The molecule has 0 bridgehead atoms. The van der Waals surface area contributed by atoms with Crippen LogP contribution in [0.2, 0.25) is 0 Å². The van der Waals surface area contributed by atoms with Crippen LogP contribution in [0.15, 0.2) is 75.6 Å². The average Bonchev–Trinajstić information content (AvgIpc) is 3.12. The fourth-order valence-electron chi connectivity index (χ4n) is 2.64. The molecule has 1 aliphatic heterocycles. The summed E-state index contributed by atoms with van der Waals surface area (Å²) >= 11 is 1.41. The van der Waals surface area contributed by atoms with E-state index in [0.29, 0.717) is 18.4 Å². The lowest BCUT2D eigenvalue weighted by atomic mass is 10.0. The maximum atomic E-state index is 12.2. The molecule has 1 aliphatic rings. The Bertz CT molecular complexity index is 1020. The first-order valence-electron chi connectivity index (χ1n) is 8.06. The van der Waals surface area contributed by atoms with Crippen LogP contribution < -0.4 is 0 Å². The summed E-state index contributed by atoms with van der Waals surface area (Å²) in [5.74, 6) is 0. The maximum Gasteiger partial charge on any atom is 0.338 e. The molecule has 0 N–H and O–H groups in total. The number of rotatable bonds is 4. The van der Waals surface area contributed by atoms with Crippen molar-refractivity contribution in [1.82, 2.24) is 0 Å². The lowest BCUT2D eigenvalue weighted by Crippen LogP contribution is -2.01. The quantitative estimate of drug-likeness (QED) is 0.422. The molecule has 132 valence electrons. The van der Waals surface area contributed by atoms with Crippen molar-refractivity contribution in [2.75, 3.05) is 0 Å². The molecule has 0 unspecified atom stereocenters. The van der Waals surface area contributed by atoms with E-state index in [4.69, 9.17) is 4.18 Å². The highest BCUT2D eigenvalue weighted by atomic mass is 32.2. The van der Waals surface area contributed by atoms with Gasteiger partial charge in [0.15, 0.2) is 0 Å². The van der Waals surface area contributed by atoms with Crippen molar-refractivity contribution < 1.29 is 12.6 Å². The summed E-state index contributed by atoms with van der Waals surface area (Å²) in [6, 6.07) is 18.1. The third-order valence-electron chi connectivity index (χ3n) is 4.00. The third-order valence-corrected chi connectivity index (χ3v) is 6.41. The largest absolute Gasteiger partial charge is 0.386 e. The van der Waals surface area contributed by atoms with E-state index in [0.717, 1.165) is 20.9 Å². The number of aryl methyl sites for hydroxylation is 1. The van der Waals surface area contributed by atoms with Crippen LogP contribution in [0.25, 0.3) is 5.57 Å². The number of nitrogens with zero attached hydrogens (tertiary/aromatic N) is 1. The molecule has 4 nitrogen and oxygen atoms in total. The standard InChI is InChI=1S/C20H17NO3S2/c1-15-7-5-6-10-18(15)19(13-21)20-12-11-16(25-20)14-24-26(22,23)17-8-3-2-4-9-17/h2-10,14H,11-12H2,1H3/b16-14+,20-19+. The van der Waals surface area contributed by atoms with Gasteiger partial charge in [0, 0.05) is 9.81 Å². The topological polar surface area (TPSA) is 67.2 Å². The van der Waals surface area contributed by atoms with Gasteiger partial charge in [-0.1, -0.05) is 54.2 Å². The molecule has 1 saturated heterocycles. The van der Waals surface area contributed by atoms with Crippen molar-refractivity contribution in [2.45, 2.75) is 24.7 Å². The van der Waals surface area contributed by atoms with Crippen LogP contribution in [-0.2, 0) is 14.3 Å². The maximum absolute atomic E-state index is 12.2. The Kier molecular flexibility index (Phi) is 5.50. The van der Waals surface area contributed by atoms with Crippen LogP contribution in [0, 0.1) is 18.3 Å². The summed E-state index contributed by atoms with van der Waals surface area (Å²) in [5.41, 5.74) is 2.59. The lowest BCUT2D eigenvalue weighted by molar-refractivity contribution is 0.441. The van der Waals surface area contributed by atoms with Gasteiger partial charge in [-0.3, -0.25) is 0 Å². The predicted molar refractivity (Wildman–Crippen MR) is 103 cm³/mol. The number of benzene rings is 2. The van der Waals surface area contributed by atoms with Crippen LogP contribution in [0.4, 0.5) is 0 Å². The van der Waals surface area contributed by atoms with Gasteiger partial charge in [0.05, 0.1) is 5.57 Å². The molecule has 0 radical (unpaired) electrons. The molecule has 0 saturated carbocycles. The van der Waals surface area contributed by atoms with Gasteiger partial charge in [0.25, 0.3) is 0 Å². The summed E-state index contributed by atoms with van der Waals surface area (Å²) < 4.78 is 29.4. The van der Waals surface area contributed by atoms with E-state index in [1.807, 2.05) is 31.2 Å². The highest BCUT2D eigenvalue weighted by Gasteiger charge is 2.21. The van der Waals surface area contributed by atoms with Crippen LogP contribution in [-0.4, -0.2) is 8.42 Å². The molecular weight excluding hydrogens is 366 g/mol. The molecule has 1 heterocycles. The summed E-state index contributed by atoms with van der Waals surface area (Å²) in [6.07, 6.45) is 2.64. The van der Waals surface area contributed by atoms with Gasteiger partial charge in [-0.25, -0.2) is 0 Å². The zero-order chi connectivity index (χ0) is 18.6. The molecule has 0 aromatic heterocycles. The Balaban J connectivity index is 1.81. The van der Waals surface area contributed by atoms with E-state index in [1.54, 1.807) is 18.2 Å². The molecular formula is C20H17NO3S2.